The molecule has 17 heavy (non-hydrogen) atoms. The molecule has 0 radical (unpaired) electrons. The topological polar surface area (TPSA) is 46.1 Å². The highest BCUT2D eigenvalue weighted by atomic mass is 32.1. The molecule has 2 rings (SSSR count). The zero-order valence-corrected chi connectivity index (χ0v) is 11.6. The SMILES string of the molecule is CC1CN(c2n[nH]c(=S)n2C(C)C)CC(C)O1. The zero-order chi connectivity index (χ0) is 12.6. The Balaban J connectivity index is 2.30. The number of rotatable bonds is 2. The Morgan fingerprint density at radius 3 is 2.47 bits per heavy atom. The Bertz CT molecular complexity index is 429. The maximum absolute atomic E-state index is 5.73. The molecule has 0 aromatic carbocycles. The molecule has 1 aromatic heterocycles. The summed E-state index contributed by atoms with van der Waals surface area (Å²) in [5, 5.41) is 7.22. The van der Waals surface area contributed by atoms with Crippen LogP contribution in [0.15, 0.2) is 0 Å². The van der Waals surface area contributed by atoms with Crippen LogP contribution in [0.2, 0.25) is 0 Å². The normalized spacial score (nSPS) is 25.6. The first-order chi connectivity index (χ1) is 7.99. The number of hydrogen-bond acceptors (Lipinski definition) is 4. The number of ether oxygens (including phenoxy) is 1. The molecule has 5 nitrogen and oxygen atoms in total. The predicted molar refractivity (Wildman–Crippen MR) is 70.0 cm³/mol. The van der Waals surface area contributed by atoms with E-state index in [9.17, 15) is 0 Å². The fraction of sp³-hybridized carbons (Fsp3) is 0.818. The van der Waals surface area contributed by atoms with Crippen LogP contribution >= 0.6 is 12.2 Å². The van der Waals surface area contributed by atoms with Crippen molar-refractivity contribution in [3.8, 4) is 0 Å². The summed E-state index contributed by atoms with van der Waals surface area (Å²) in [6.45, 7) is 10.1. The number of aromatic nitrogens is 3. The van der Waals surface area contributed by atoms with Crippen molar-refractivity contribution in [2.24, 2.45) is 0 Å². The van der Waals surface area contributed by atoms with Crippen LogP contribution in [0.25, 0.3) is 0 Å². The van der Waals surface area contributed by atoms with Crippen molar-refractivity contribution in [3.05, 3.63) is 4.77 Å². The van der Waals surface area contributed by atoms with Gasteiger partial charge in [0.15, 0.2) is 4.77 Å². The second-order valence-electron chi connectivity index (χ2n) is 4.95. The smallest absolute Gasteiger partial charge is 0.226 e. The van der Waals surface area contributed by atoms with E-state index >= 15 is 0 Å². The molecule has 2 atom stereocenters. The first kappa shape index (κ1) is 12.6. The number of H-pyrrole nitrogens is 1. The Kier molecular flexibility index (Phi) is 3.53. The molecule has 1 aliphatic heterocycles. The van der Waals surface area contributed by atoms with Gasteiger partial charge in [0, 0.05) is 19.1 Å². The summed E-state index contributed by atoms with van der Waals surface area (Å²) in [4.78, 5) is 2.24. The highest BCUT2D eigenvalue weighted by Crippen LogP contribution is 2.21. The first-order valence-electron chi connectivity index (χ1n) is 6.06. The van der Waals surface area contributed by atoms with Crippen molar-refractivity contribution in [1.82, 2.24) is 14.8 Å². The van der Waals surface area contributed by atoms with Gasteiger partial charge in [0.05, 0.1) is 12.2 Å². The van der Waals surface area contributed by atoms with Crippen LogP contribution in [0.4, 0.5) is 5.95 Å². The van der Waals surface area contributed by atoms with Gasteiger partial charge in [0.2, 0.25) is 5.95 Å². The van der Waals surface area contributed by atoms with Crippen LogP contribution in [-0.2, 0) is 4.74 Å². The van der Waals surface area contributed by atoms with Crippen molar-refractivity contribution in [2.45, 2.75) is 45.9 Å². The van der Waals surface area contributed by atoms with Crippen molar-refractivity contribution in [3.63, 3.8) is 0 Å². The quantitative estimate of drug-likeness (QED) is 0.823. The molecule has 2 heterocycles. The fourth-order valence-electron chi connectivity index (χ4n) is 2.33. The van der Waals surface area contributed by atoms with Gasteiger partial charge >= 0.3 is 0 Å². The van der Waals surface area contributed by atoms with E-state index in [2.05, 4.69) is 47.4 Å². The van der Waals surface area contributed by atoms with Crippen LogP contribution in [-0.4, -0.2) is 40.1 Å². The lowest BCUT2D eigenvalue weighted by molar-refractivity contribution is -0.00597. The summed E-state index contributed by atoms with van der Waals surface area (Å²) in [5.74, 6) is 0.923. The van der Waals surface area contributed by atoms with E-state index in [1.54, 1.807) is 0 Å². The van der Waals surface area contributed by atoms with Gasteiger partial charge in [0.25, 0.3) is 0 Å². The van der Waals surface area contributed by atoms with Crippen LogP contribution in [0.5, 0.6) is 0 Å². The van der Waals surface area contributed by atoms with Gasteiger partial charge in [-0.05, 0) is 39.9 Å². The third-order valence-corrected chi connectivity index (χ3v) is 3.19. The molecule has 1 saturated heterocycles. The predicted octanol–water partition coefficient (Wildman–Crippen LogP) is 2.14. The minimum absolute atomic E-state index is 0.227. The van der Waals surface area contributed by atoms with Gasteiger partial charge in [-0.1, -0.05) is 0 Å². The van der Waals surface area contributed by atoms with Crippen molar-refractivity contribution >= 4 is 18.2 Å². The number of hydrogen-bond donors (Lipinski definition) is 1. The molecule has 1 N–H and O–H groups in total. The van der Waals surface area contributed by atoms with E-state index in [0.29, 0.717) is 10.8 Å². The molecule has 0 bridgehead atoms. The summed E-state index contributed by atoms with van der Waals surface area (Å²) in [5.41, 5.74) is 0. The second-order valence-corrected chi connectivity index (χ2v) is 5.34. The van der Waals surface area contributed by atoms with E-state index in [4.69, 9.17) is 17.0 Å². The lowest BCUT2D eigenvalue weighted by Gasteiger charge is -2.36. The second kappa shape index (κ2) is 4.78. The molecule has 1 aliphatic rings. The Morgan fingerprint density at radius 1 is 1.35 bits per heavy atom. The van der Waals surface area contributed by atoms with Crippen LogP contribution in [0.1, 0.15) is 33.7 Å². The van der Waals surface area contributed by atoms with E-state index in [-0.39, 0.29) is 12.2 Å². The summed E-state index contributed by atoms with van der Waals surface area (Å²) >= 11 is 5.26. The average molecular weight is 256 g/mol. The van der Waals surface area contributed by atoms with E-state index in [1.807, 2.05) is 0 Å². The Hall–Kier alpha value is -0.880. The van der Waals surface area contributed by atoms with Gasteiger partial charge in [-0.2, -0.15) is 0 Å². The lowest BCUT2D eigenvalue weighted by atomic mass is 10.2. The number of aromatic amines is 1. The van der Waals surface area contributed by atoms with E-state index in [0.717, 1.165) is 19.0 Å². The molecule has 0 spiro atoms. The zero-order valence-electron chi connectivity index (χ0n) is 10.8. The number of nitrogens with one attached hydrogen (secondary N) is 1. The standard InChI is InChI=1S/C11H20N4OS/c1-7(2)15-10(12-13-11(15)17)14-5-8(3)16-9(4)6-14/h7-9H,5-6H2,1-4H3,(H,13,17). The van der Waals surface area contributed by atoms with Crippen molar-refractivity contribution in [1.29, 1.82) is 0 Å². The summed E-state index contributed by atoms with van der Waals surface area (Å²) in [6.07, 6.45) is 0.453. The minimum Gasteiger partial charge on any atom is -0.372 e. The highest BCUT2D eigenvalue weighted by Gasteiger charge is 2.26. The summed E-state index contributed by atoms with van der Waals surface area (Å²) in [7, 11) is 0. The van der Waals surface area contributed by atoms with Crippen LogP contribution in [0, 0.1) is 4.77 Å². The number of nitrogens with zero attached hydrogens (tertiary/aromatic N) is 3. The van der Waals surface area contributed by atoms with Crippen LogP contribution < -0.4 is 4.90 Å². The van der Waals surface area contributed by atoms with E-state index < -0.39 is 0 Å². The van der Waals surface area contributed by atoms with E-state index in [1.165, 1.54) is 0 Å². The fourth-order valence-corrected chi connectivity index (χ4v) is 2.66. The molecule has 0 amide bonds. The monoisotopic (exact) mass is 256 g/mol. The van der Waals surface area contributed by atoms with Gasteiger partial charge < -0.3 is 9.64 Å². The molecular weight excluding hydrogens is 236 g/mol. The number of morpholine rings is 1. The molecule has 6 heteroatoms. The van der Waals surface area contributed by atoms with Gasteiger partial charge in [0.1, 0.15) is 0 Å². The summed E-state index contributed by atoms with van der Waals surface area (Å²) in [6, 6.07) is 0.310. The van der Waals surface area contributed by atoms with Crippen molar-refractivity contribution < 1.29 is 4.74 Å². The maximum Gasteiger partial charge on any atom is 0.226 e. The molecule has 0 saturated carbocycles. The highest BCUT2D eigenvalue weighted by molar-refractivity contribution is 7.71. The van der Waals surface area contributed by atoms with Crippen LogP contribution in [0.3, 0.4) is 0 Å². The molecule has 2 unspecified atom stereocenters. The Labute approximate surface area is 107 Å². The average Bonchev–Trinajstić information content (AvgIpc) is 2.58. The first-order valence-corrected chi connectivity index (χ1v) is 6.47. The maximum atomic E-state index is 5.73. The minimum atomic E-state index is 0.227. The molecule has 1 aromatic rings. The third kappa shape index (κ3) is 2.52. The summed E-state index contributed by atoms with van der Waals surface area (Å²) < 4.78 is 8.47. The molecular formula is C11H20N4OS. The third-order valence-electron chi connectivity index (χ3n) is 2.90. The van der Waals surface area contributed by atoms with Gasteiger partial charge in [-0.3, -0.25) is 4.57 Å². The Morgan fingerprint density at radius 2 is 1.94 bits per heavy atom. The molecule has 96 valence electrons. The van der Waals surface area contributed by atoms with Crippen molar-refractivity contribution in [2.75, 3.05) is 18.0 Å². The largest absolute Gasteiger partial charge is 0.372 e. The molecule has 1 fully saturated rings. The lowest BCUT2D eigenvalue weighted by Crippen LogP contribution is -2.46. The number of anilines is 1. The van der Waals surface area contributed by atoms with Gasteiger partial charge in [-0.25, -0.2) is 5.10 Å². The molecule has 0 aliphatic carbocycles. The van der Waals surface area contributed by atoms with Gasteiger partial charge in [-0.15, -0.1) is 5.10 Å².